The first-order chi connectivity index (χ1) is 5.52. The molecule has 12 heavy (non-hydrogen) atoms. The minimum atomic E-state index is 0.00972. The predicted octanol–water partition coefficient (Wildman–Crippen LogP) is 1.85. The zero-order chi connectivity index (χ0) is 9.30. The van der Waals surface area contributed by atoms with Crippen molar-refractivity contribution in [3.63, 3.8) is 0 Å². The summed E-state index contributed by atoms with van der Waals surface area (Å²) in [5, 5.41) is 2.76. The molecule has 0 aliphatic carbocycles. The first-order valence-electron chi connectivity index (χ1n) is 4.21. The number of amides is 1. The molecule has 1 unspecified atom stereocenters. The number of carbonyl (C=O) groups excluding carboxylic acids is 1. The monoisotopic (exact) mass is 165 g/mol. The van der Waals surface area contributed by atoms with E-state index in [0.717, 1.165) is 11.3 Å². The number of nitrogens with one attached hydrogen (secondary N) is 1. The van der Waals surface area contributed by atoms with Gasteiger partial charge in [0, 0.05) is 5.70 Å². The average molecular weight is 165 g/mol. The van der Waals surface area contributed by atoms with Crippen LogP contribution in [0.2, 0.25) is 0 Å². The Morgan fingerprint density at radius 1 is 1.58 bits per heavy atom. The van der Waals surface area contributed by atoms with E-state index in [0.29, 0.717) is 5.92 Å². The summed E-state index contributed by atoms with van der Waals surface area (Å²) < 4.78 is 0. The Bertz CT molecular complexity index is 251. The van der Waals surface area contributed by atoms with Crippen LogP contribution in [0.25, 0.3) is 0 Å². The summed E-state index contributed by atoms with van der Waals surface area (Å²) in [5.41, 5.74) is 1.81. The third-order valence-corrected chi connectivity index (χ3v) is 2.20. The zero-order valence-corrected chi connectivity index (χ0v) is 7.85. The van der Waals surface area contributed by atoms with Crippen LogP contribution in [0.1, 0.15) is 20.8 Å². The number of hydrogen-bond donors (Lipinski definition) is 1. The molecule has 0 saturated heterocycles. The van der Waals surface area contributed by atoms with Crippen molar-refractivity contribution < 1.29 is 4.79 Å². The SMILES string of the molecule is C=C1NC(=O)C(C(C)C)C=C1C. The normalized spacial score (nSPS) is 24.0. The van der Waals surface area contributed by atoms with Crippen LogP contribution in [0.4, 0.5) is 0 Å². The summed E-state index contributed by atoms with van der Waals surface area (Å²) in [6, 6.07) is 0. The smallest absolute Gasteiger partial charge is 0.231 e. The molecule has 0 spiro atoms. The Morgan fingerprint density at radius 2 is 2.17 bits per heavy atom. The molecule has 1 amide bonds. The van der Waals surface area contributed by atoms with Gasteiger partial charge in [-0.1, -0.05) is 26.5 Å². The van der Waals surface area contributed by atoms with Crippen molar-refractivity contribution in [3.05, 3.63) is 23.9 Å². The lowest BCUT2D eigenvalue weighted by Gasteiger charge is -2.23. The van der Waals surface area contributed by atoms with Crippen LogP contribution in [0.15, 0.2) is 23.9 Å². The maximum atomic E-state index is 11.4. The van der Waals surface area contributed by atoms with Gasteiger partial charge in [-0.15, -0.1) is 0 Å². The average Bonchev–Trinajstić information content (AvgIpc) is 1.96. The minimum Gasteiger partial charge on any atom is -0.326 e. The van der Waals surface area contributed by atoms with Crippen molar-refractivity contribution in [3.8, 4) is 0 Å². The molecule has 1 aliphatic heterocycles. The van der Waals surface area contributed by atoms with E-state index in [-0.39, 0.29) is 11.8 Å². The maximum Gasteiger partial charge on any atom is 0.231 e. The molecule has 0 fully saturated rings. The maximum absolute atomic E-state index is 11.4. The van der Waals surface area contributed by atoms with Gasteiger partial charge in [0.05, 0.1) is 5.92 Å². The standard InChI is InChI=1S/C10H15NO/c1-6(2)9-5-7(3)8(4)11-10(9)12/h5-6,9H,4H2,1-3H3,(H,11,12). The Morgan fingerprint density at radius 3 is 2.67 bits per heavy atom. The van der Waals surface area contributed by atoms with Gasteiger partial charge in [-0.25, -0.2) is 0 Å². The molecule has 1 heterocycles. The molecule has 0 saturated carbocycles. The van der Waals surface area contributed by atoms with E-state index in [2.05, 4.69) is 11.9 Å². The van der Waals surface area contributed by atoms with Crippen LogP contribution in [0.5, 0.6) is 0 Å². The van der Waals surface area contributed by atoms with Gasteiger partial charge in [-0.3, -0.25) is 4.79 Å². The van der Waals surface area contributed by atoms with Gasteiger partial charge in [0.1, 0.15) is 0 Å². The second kappa shape index (κ2) is 3.13. The van der Waals surface area contributed by atoms with Crippen LogP contribution in [-0.2, 0) is 4.79 Å². The van der Waals surface area contributed by atoms with E-state index in [1.165, 1.54) is 0 Å². The molecule has 1 rings (SSSR count). The van der Waals surface area contributed by atoms with Gasteiger partial charge in [0.15, 0.2) is 0 Å². The number of carbonyl (C=O) groups is 1. The fraction of sp³-hybridized carbons (Fsp3) is 0.500. The van der Waals surface area contributed by atoms with Crippen molar-refractivity contribution in [1.29, 1.82) is 0 Å². The molecule has 0 aromatic carbocycles. The Labute approximate surface area is 73.4 Å². The molecule has 2 heteroatoms. The zero-order valence-electron chi connectivity index (χ0n) is 7.85. The third kappa shape index (κ3) is 1.58. The van der Waals surface area contributed by atoms with Crippen LogP contribution in [0.3, 0.4) is 0 Å². The highest BCUT2D eigenvalue weighted by atomic mass is 16.1. The third-order valence-electron chi connectivity index (χ3n) is 2.20. The van der Waals surface area contributed by atoms with Crippen LogP contribution in [0, 0.1) is 11.8 Å². The fourth-order valence-corrected chi connectivity index (χ4v) is 1.27. The molecule has 0 bridgehead atoms. The molecule has 1 aliphatic rings. The highest BCUT2D eigenvalue weighted by molar-refractivity contribution is 5.85. The van der Waals surface area contributed by atoms with Gasteiger partial charge in [-0.2, -0.15) is 0 Å². The topological polar surface area (TPSA) is 29.1 Å². The molecule has 1 N–H and O–H groups in total. The van der Waals surface area contributed by atoms with Crippen LogP contribution >= 0.6 is 0 Å². The molecule has 2 nitrogen and oxygen atoms in total. The fourth-order valence-electron chi connectivity index (χ4n) is 1.27. The summed E-state index contributed by atoms with van der Waals surface area (Å²) in [4.78, 5) is 11.4. The molecular formula is C10H15NO. The first kappa shape index (κ1) is 9.04. The van der Waals surface area contributed by atoms with Crippen molar-refractivity contribution in [2.45, 2.75) is 20.8 Å². The Hall–Kier alpha value is -1.05. The molecule has 1 atom stereocenters. The highest BCUT2D eigenvalue weighted by Gasteiger charge is 2.24. The first-order valence-corrected chi connectivity index (χ1v) is 4.21. The molecule has 0 aromatic heterocycles. The van der Waals surface area contributed by atoms with Gasteiger partial charge in [-0.05, 0) is 18.4 Å². The second-order valence-corrected chi connectivity index (χ2v) is 3.59. The summed E-state index contributed by atoms with van der Waals surface area (Å²) in [5.74, 6) is 0.434. The Balaban J connectivity index is 2.90. The van der Waals surface area contributed by atoms with Crippen LogP contribution < -0.4 is 5.32 Å². The van der Waals surface area contributed by atoms with Crippen LogP contribution in [-0.4, -0.2) is 5.91 Å². The number of allylic oxidation sites excluding steroid dienone is 1. The second-order valence-electron chi connectivity index (χ2n) is 3.59. The van der Waals surface area contributed by atoms with Gasteiger partial charge < -0.3 is 5.32 Å². The van der Waals surface area contributed by atoms with Gasteiger partial charge in [0.25, 0.3) is 0 Å². The minimum absolute atomic E-state index is 0.00972. The van der Waals surface area contributed by atoms with Crippen molar-refractivity contribution >= 4 is 5.91 Å². The lowest BCUT2D eigenvalue weighted by atomic mass is 9.89. The van der Waals surface area contributed by atoms with E-state index < -0.39 is 0 Å². The summed E-state index contributed by atoms with van der Waals surface area (Å²) in [6.45, 7) is 9.80. The van der Waals surface area contributed by atoms with E-state index in [4.69, 9.17) is 0 Å². The van der Waals surface area contributed by atoms with E-state index in [9.17, 15) is 4.79 Å². The van der Waals surface area contributed by atoms with Crippen molar-refractivity contribution in [2.75, 3.05) is 0 Å². The van der Waals surface area contributed by atoms with E-state index in [1.54, 1.807) is 0 Å². The summed E-state index contributed by atoms with van der Waals surface area (Å²) in [6.07, 6.45) is 1.99. The Kier molecular flexibility index (Phi) is 2.36. The predicted molar refractivity (Wildman–Crippen MR) is 49.4 cm³/mol. The number of hydrogen-bond acceptors (Lipinski definition) is 1. The number of rotatable bonds is 1. The summed E-state index contributed by atoms with van der Waals surface area (Å²) in [7, 11) is 0. The van der Waals surface area contributed by atoms with Gasteiger partial charge in [0.2, 0.25) is 5.91 Å². The molecule has 66 valence electrons. The highest BCUT2D eigenvalue weighted by Crippen LogP contribution is 2.21. The van der Waals surface area contributed by atoms with E-state index in [1.807, 2.05) is 26.8 Å². The molecular weight excluding hydrogens is 150 g/mol. The van der Waals surface area contributed by atoms with E-state index >= 15 is 0 Å². The van der Waals surface area contributed by atoms with Gasteiger partial charge >= 0.3 is 0 Å². The van der Waals surface area contributed by atoms with Crippen molar-refractivity contribution in [2.24, 2.45) is 11.8 Å². The lowest BCUT2D eigenvalue weighted by Crippen LogP contribution is -2.35. The lowest BCUT2D eigenvalue weighted by molar-refractivity contribution is -0.124. The molecule has 0 radical (unpaired) electrons. The quantitative estimate of drug-likeness (QED) is 0.631. The van der Waals surface area contributed by atoms with Crippen molar-refractivity contribution in [1.82, 2.24) is 5.32 Å². The largest absolute Gasteiger partial charge is 0.326 e. The summed E-state index contributed by atoms with van der Waals surface area (Å²) >= 11 is 0. The molecule has 0 aromatic rings.